The van der Waals surface area contributed by atoms with Gasteiger partial charge in [0.1, 0.15) is 5.82 Å². The minimum absolute atomic E-state index is 0.156. The van der Waals surface area contributed by atoms with Crippen molar-refractivity contribution in [1.82, 2.24) is 9.38 Å². The standard InChI is InChI=1S/C20H13FN4OS/c21-15-5-3-14(4-6-15)18-11-25-17(12-27-20(25)24-18)9-19(26)23-16-7-1-13(10-22)2-8-16/h1-8,11-12H,9H2,(H,23,26). The predicted octanol–water partition coefficient (Wildman–Crippen LogP) is 4.25. The van der Waals surface area contributed by atoms with Crippen LogP contribution in [0.5, 0.6) is 0 Å². The topological polar surface area (TPSA) is 70.2 Å². The van der Waals surface area contributed by atoms with E-state index >= 15 is 0 Å². The first-order valence-electron chi connectivity index (χ1n) is 8.14. The second-order valence-corrected chi connectivity index (χ2v) is 6.76. The highest BCUT2D eigenvalue weighted by atomic mass is 32.1. The molecule has 0 fully saturated rings. The Morgan fingerprint density at radius 3 is 2.63 bits per heavy atom. The highest BCUT2D eigenvalue weighted by molar-refractivity contribution is 7.15. The van der Waals surface area contributed by atoms with Gasteiger partial charge in [-0.05, 0) is 48.5 Å². The summed E-state index contributed by atoms with van der Waals surface area (Å²) in [4.78, 5) is 17.7. The van der Waals surface area contributed by atoms with Crippen LogP contribution in [0, 0.1) is 17.1 Å². The Morgan fingerprint density at radius 2 is 1.93 bits per heavy atom. The van der Waals surface area contributed by atoms with Crippen LogP contribution in [-0.2, 0) is 11.2 Å². The predicted molar refractivity (Wildman–Crippen MR) is 102 cm³/mol. The number of nitrogens with zero attached hydrogens (tertiary/aromatic N) is 3. The summed E-state index contributed by atoms with van der Waals surface area (Å²) >= 11 is 1.45. The van der Waals surface area contributed by atoms with Crippen LogP contribution in [0.15, 0.2) is 60.1 Å². The van der Waals surface area contributed by atoms with Crippen LogP contribution in [-0.4, -0.2) is 15.3 Å². The van der Waals surface area contributed by atoms with Crippen LogP contribution < -0.4 is 5.32 Å². The zero-order valence-electron chi connectivity index (χ0n) is 14.0. The third-order valence-corrected chi connectivity index (χ3v) is 4.95. The summed E-state index contributed by atoms with van der Waals surface area (Å²) in [6.07, 6.45) is 2.04. The number of halogens is 1. The van der Waals surface area contributed by atoms with Gasteiger partial charge in [-0.3, -0.25) is 9.20 Å². The molecule has 2 aromatic heterocycles. The summed E-state index contributed by atoms with van der Waals surface area (Å²) in [6.45, 7) is 0. The van der Waals surface area contributed by atoms with Crippen LogP contribution in [0.4, 0.5) is 10.1 Å². The average molecular weight is 376 g/mol. The molecule has 0 bridgehead atoms. The maximum absolute atomic E-state index is 13.1. The Hall–Kier alpha value is -3.50. The van der Waals surface area contributed by atoms with Crippen molar-refractivity contribution in [3.8, 4) is 17.3 Å². The molecule has 1 amide bonds. The average Bonchev–Trinajstić information content (AvgIpc) is 3.25. The van der Waals surface area contributed by atoms with Crippen LogP contribution in [0.3, 0.4) is 0 Å². The number of anilines is 1. The van der Waals surface area contributed by atoms with Crippen LogP contribution >= 0.6 is 11.3 Å². The molecular weight excluding hydrogens is 363 g/mol. The zero-order chi connectivity index (χ0) is 18.8. The SMILES string of the molecule is N#Cc1ccc(NC(=O)Cc2csc3nc(-c4ccc(F)cc4)cn23)cc1. The lowest BCUT2D eigenvalue weighted by Gasteiger charge is -2.04. The molecule has 27 heavy (non-hydrogen) atoms. The largest absolute Gasteiger partial charge is 0.326 e. The molecule has 0 radical (unpaired) electrons. The monoisotopic (exact) mass is 376 g/mol. The quantitative estimate of drug-likeness (QED) is 0.579. The fourth-order valence-electron chi connectivity index (χ4n) is 2.71. The van der Waals surface area contributed by atoms with E-state index in [9.17, 15) is 9.18 Å². The molecule has 2 heterocycles. The van der Waals surface area contributed by atoms with Gasteiger partial charge in [0.2, 0.25) is 5.91 Å². The number of nitrogens with one attached hydrogen (secondary N) is 1. The number of thiazole rings is 1. The van der Waals surface area contributed by atoms with Gasteiger partial charge in [-0.2, -0.15) is 5.26 Å². The van der Waals surface area contributed by atoms with E-state index in [1.54, 1.807) is 36.4 Å². The maximum atomic E-state index is 13.1. The number of imidazole rings is 1. The number of nitriles is 1. The highest BCUT2D eigenvalue weighted by Gasteiger charge is 2.13. The van der Waals surface area contributed by atoms with E-state index in [1.807, 2.05) is 22.0 Å². The zero-order valence-corrected chi connectivity index (χ0v) is 14.8. The minimum Gasteiger partial charge on any atom is -0.326 e. The molecule has 2 aromatic carbocycles. The summed E-state index contributed by atoms with van der Waals surface area (Å²) in [7, 11) is 0. The van der Waals surface area contributed by atoms with Gasteiger partial charge in [-0.25, -0.2) is 9.37 Å². The third kappa shape index (κ3) is 3.57. The third-order valence-electron chi connectivity index (χ3n) is 4.06. The first-order valence-corrected chi connectivity index (χ1v) is 9.02. The Balaban J connectivity index is 1.52. The molecule has 0 aliphatic heterocycles. The van der Waals surface area contributed by atoms with Gasteiger partial charge in [-0.1, -0.05) is 0 Å². The van der Waals surface area contributed by atoms with Crippen LogP contribution in [0.25, 0.3) is 16.2 Å². The van der Waals surface area contributed by atoms with Gasteiger partial charge in [-0.15, -0.1) is 11.3 Å². The van der Waals surface area contributed by atoms with E-state index in [1.165, 1.54) is 23.5 Å². The second kappa shape index (κ2) is 7.02. The Labute approximate surface area is 158 Å². The van der Waals surface area contributed by atoms with Crippen molar-refractivity contribution in [3.05, 3.63) is 77.2 Å². The van der Waals surface area contributed by atoms with Gasteiger partial charge in [0.05, 0.1) is 23.7 Å². The lowest BCUT2D eigenvalue weighted by molar-refractivity contribution is -0.115. The summed E-state index contributed by atoms with van der Waals surface area (Å²) in [5, 5.41) is 13.5. The number of rotatable bonds is 4. The molecule has 0 unspecified atom stereocenters. The molecular formula is C20H13FN4OS. The van der Waals surface area contributed by atoms with Crippen LogP contribution in [0.2, 0.25) is 0 Å². The molecule has 0 atom stereocenters. The van der Waals surface area contributed by atoms with Crippen molar-refractivity contribution >= 4 is 27.9 Å². The van der Waals surface area contributed by atoms with E-state index in [0.29, 0.717) is 11.3 Å². The number of hydrogen-bond donors (Lipinski definition) is 1. The summed E-state index contributed by atoms with van der Waals surface area (Å²) in [5.74, 6) is -0.448. The van der Waals surface area contributed by atoms with Crippen molar-refractivity contribution in [1.29, 1.82) is 5.26 Å². The van der Waals surface area contributed by atoms with Gasteiger partial charge >= 0.3 is 0 Å². The second-order valence-electron chi connectivity index (χ2n) is 5.93. The first kappa shape index (κ1) is 16.9. The number of amides is 1. The Kier molecular flexibility index (Phi) is 4.40. The molecule has 0 aliphatic rings. The van der Waals surface area contributed by atoms with E-state index in [4.69, 9.17) is 5.26 Å². The van der Waals surface area contributed by atoms with Gasteiger partial charge in [0.25, 0.3) is 0 Å². The number of benzene rings is 2. The molecule has 4 aromatic rings. The van der Waals surface area contributed by atoms with Crippen molar-refractivity contribution in [2.45, 2.75) is 6.42 Å². The maximum Gasteiger partial charge on any atom is 0.230 e. The lowest BCUT2D eigenvalue weighted by atomic mass is 10.2. The number of fused-ring (bicyclic) bond motifs is 1. The fourth-order valence-corrected chi connectivity index (χ4v) is 3.59. The van der Waals surface area contributed by atoms with E-state index in [0.717, 1.165) is 21.9 Å². The van der Waals surface area contributed by atoms with Crippen molar-refractivity contribution < 1.29 is 9.18 Å². The number of carbonyl (C=O) groups excluding carboxylic acids is 1. The normalized spacial score (nSPS) is 10.7. The number of carbonyl (C=O) groups is 1. The van der Waals surface area contributed by atoms with Crippen molar-refractivity contribution in [2.75, 3.05) is 5.32 Å². The molecule has 5 nitrogen and oxygen atoms in total. The summed E-state index contributed by atoms with van der Waals surface area (Å²) in [5.41, 5.74) is 3.56. The Morgan fingerprint density at radius 1 is 1.19 bits per heavy atom. The van der Waals surface area contributed by atoms with E-state index < -0.39 is 0 Å². The number of hydrogen-bond acceptors (Lipinski definition) is 4. The number of aromatic nitrogens is 2. The molecule has 0 aliphatic carbocycles. The lowest BCUT2D eigenvalue weighted by Crippen LogP contribution is -2.15. The van der Waals surface area contributed by atoms with Crippen molar-refractivity contribution in [3.63, 3.8) is 0 Å². The van der Waals surface area contributed by atoms with E-state index in [-0.39, 0.29) is 18.1 Å². The Bertz CT molecular complexity index is 1150. The summed E-state index contributed by atoms with van der Waals surface area (Å²) < 4.78 is 15.0. The summed E-state index contributed by atoms with van der Waals surface area (Å²) in [6, 6.07) is 14.9. The molecule has 0 spiro atoms. The van der Waals surface area contributed by atoms with Gasteiger partial charge in [0.15, 0.2) is 4.96 Å². The molecule has 0 saturated carbocycles. The smallest absolute Gasteiger partial charge is 0.230 e. The van der Waals surface area contributed by atoms with Gasteiger partial charge < -0.3 is 5.32 Å². The minimum atomic E-state index is -0.292. The molecule has 1 N–H and O–H groups in total. The molecule has 132 valence electrons. The van der Waals surface area contributed by atoms with E-state index in [2.05, 4.69) is 10.3 Å². The highest BCUT2D eigenvalue weighted by Crippen LogP contribution is 2.24. The molecule has 7 heteroatoms. The van der Waals surface area contributed by atoms with Crippen molar-refractivity contribution in [2.24, 2.45) is 0 Å². The molecule has 0 saturated heterocycles. The fraction of sp³-hybridized carbons (Fsp3) is 0.0500. The first-order chi connectivity index (χ1) is 13.1. The van der Waals surface area contributed by atoms with Crippen LogP contribution in [0.1, 0.15) is 11.3 Å². The van der Waals surface area contributed by atoms with Gasteiger partial charge in [0, 0.05) is 28.5 Å². The molecule has 4 rings (SSSR count).